The molecule has 0 aliphatic carbocycles. The second-order valence-electron chi connectivity index (χ2n) is 11.1. The molecule has 11 nitrogen and oxygen atoms in total. The van der Waals surface area contributed by atoms with Crippen LogP contribution in [0.3, 0.4) is 0 Å². The first-order valence-corrected chi connectivity index (χ1v) is 17.4. The number of halogens is 3. The Bertz CT molecular complexity index is 1960. The summed E-state index contributed by atoms with van der Waals surface area (Å²) < 4.78 is 96.5. The number of benzene rings is 3. The van der Waals surface area contributed by atoms with Crippen LogP contribution < -0.4 is 9.50 Å². The number of rotatable bonds is 12. The van der Waals surface area contributed by atoms with Gasteiger partial charge in [-0.05, 0) is 66.4 Å². The zero-order chi connectivity index (χ0) is 34.7. The molecule has 0 spiro atoms. The van der Waals surface area contributed by atoms with Gasteiger partial charge in [-0.3, -0.25) is 9.48 Å². The normalized spacial score (nSPS) is 13.0. The lowest BCUT2D eigenvalue weighted by Gasteiger charge is -2.20. The van der Waals surface area contributed by atoms with Crippen LogP contribution in [0.15, 0.2) is 88.7 Å². The number of nitrogens with zero attached hydrogens (tertiary/aromatic N) is 2. The van der Waals surface area contributed by atoms with Crippen molar-refractivity contribution in [2.45, 2.75) is 48.7 Å². The van der Waals surface area contributed by atoms with Crippen molar-refractivity contribution >= 4 is 33.0 Å². The van der Waals surface area contributed by atoms with Crippen LogP contribution in [0.1, 0.15) is 25.8 Å². The lowest BCUT2D eigenvalue weighted by Crippen LogP contribution is -2.48. The smallest absolute Gasteiger partial charge is 0.426 e. The van der Waals surface area contributed by atoms with E-state index in [1.165, 1.54) is 53.2 Å². The van der Waals surface area contributed by atoms with Crippen LogP contribution in [0.5, 0.6) is 5.75 Å². The minimum Gasteiger partial charge on any atom is -0.426 e. The molecule has 1 atom stereocenters. The number of hydrogen-bond donors (Lipinski definition) is 3. The highest BCUT2D eigenvalue weighted by atomic mass is 32.2. The highest BCUT2D eigenvalue weighted by Crippen LogP contribution is 2.35. The first-order chi connectivity index (χ1) is 21.8. The number of alkyl halides is 3. The molecule has 1 heterocycles. The summed E-state index contributed by atoms with van der Waals surface area (Å²) in [4.78, 5) is 12.4. The van der Waals surface area contributed by atoms with E-state index in [4.69, 9.17) is 4.18 Å². The van der Waals surface area contributed by atoms with Crippen molar-refractivity contribution < 1.29 is 49.0 Å². The molecule has 0 saturated carbocycles. The maximum absolute atomic E-state index is 13.3. The molecule has 3 aromatic carbocycles. The average molecular weight is 694 g/mol. The van der Waals surface area contributed by atoms with Gasteiger partial charge in [-0.15, -0.1) is 0 Å². The lowest BCUT2D eigenvalue weighted by atomic mass is 9.75. The maximum atomic E-state index is 13.3. The SMILES string of the molecule is CC(C)CC(NC(=O)Cn1nc(-c2ccccc2OS(=O)(=O)c2cccc(C(F)(F)F)c2)cc1-c1ccc(S(C)(=O)=O)cc1)B(O)O. The van der Waals surface area contributed by atoms with Crippen molar-refractivity contribution in [3.63, 3.8) is 0 Å². The van der Waals surface area contributed by atoms with Crippen LogP contribution in [0.2, 0.25) is 0 Å². The van der Waals surface area contributed by atoms with Crippen molar-refractivity contribution in [3.05, 3.63) is 84.4 Å². The lowest BCUT2D eigenvalue weighted by molar-refractivity contribution is -0.137. The number of hydrogen-bond acceptors (Lipinski definition) is 9. The molecule has 17 heteroatoms. The molecule has 1 amide bonds. The molecule has 47 heavy (non-hydrogen) atoms. The Labute approximate surface area is 270 Å². The van der Waals surface area contributed by atoms with Gasteiger partial charge in [0.15, 0.2) is 15.6 Å². The van der Waals surface area contributed by atoms with E-state index in [1.807, 2.05) is 13.8 Å². The van der Waals surface area contributed by atoms with Crippen LogP contribution in [0, 0.1) is 5.92 Å². The van der Waals surface area contributed by atoms with E-state index in [0.717, 1.165) is 24.5 Å². The van der Waals surface area contributed by atoms with Crippen molar-refractivity contribution in [1.29, 1.82) is 0 Å². The summed E-state index contributed by atoms with van der Waals surface area (Å²) in [5.41, 5.74) is -0.227. The van der Waals surface area contributed by atoms with Crippen molar-refractivity contribution in [3.8, 4) is 28.3 Å². The number of carbonyl (C=O) groups excluding carboxylic acids is 1. The maximum Gasteiger partial charge on any atom is 0.475 e. The van der Waals surface area contributed by atoms with Gasteiger partial charge in [0, 0.05) is 11.8 Å². The molecular formula is C30H31BF3N3O8S2. The molecule has 0 fully saturated rings. The standard InChI is InChI=1S/C30H31BF3N3O8S2/c1-19(2)15-28(31(39)40)35-29(38)18-37-26(20-11-13-22(14-12-20)46(3,41)42)17-25(36-37)24-9-4-5-10-27(24)45-47(43,44)23-8-6-7-21(16-23)30(32,33)34/h4-14,16-17,19,28,39-40H,15,18H2,1-3H3,(H,35,38). The van der Waals surface area contributed by atoms with Gasteiger partial charge in [0.1, 0.15) is 11.4 Å². The first-order valence-electron chi connectivity index (χ1n) is 14.1. The molecule has 3 N–H and O–H groups in total. The summed E-state index contributed by atoms with van der Waals surface area (Å²) >= 11 is 0. The molecule has 1 aromatic heterocycles. The summed E-state index contributed by atoms with van der Waals surface area (Å²) in [5, 5.41) is 26.6. The fourth-order valence-electron chi connectivity index (χ4n) is 4.67. The van der Waals surface area contributed by atoms with Gasteiger partial charge in [-0.1, -0.05) is 44.2 Å². The van der Waals surface area contributed by atoms with Crippen molar-refractivity contribution in [2.24, 2.45) is 5.92 Å². The summed E-state index contributed by atoms with van der Waals surface area (Å²) in [6, 6.07) is 16.0. The monoisotopic (exact) mass is 693 g/mol. The zero-order valence-electron chi connectivity index (χ0n) is 25.3. The number of sulfone groups is 1. The van der Waals surface area contributed by atoms with Crippen LogP contribution in [-0.2, 0) is 37.5 Å². The van der Waals surface area contributed by atoms with Gasteiger partial charge >= 0.3 is 23.4 Å². The summed E-state index contributed by atoms with van der Waals surface area (Å²) in [5.74, 6) is -1.86. The Balaban J connectivity index is 1.75. The highest BCUT2D eigenvalue weighted by molar-refractivity contribution is 7.90. The number of para-hydroxylation sites is 1. The fourth-order valence-corrected chi connectivity index (χ4v) is 6.30. The largest absolute Gasteiger partial charge is 0.475 e. The Morgan fingerprint density at radius 1 is 0.957 bits per heavy atom. The van der Waals surface area contributed by atoms with E-state index in [0.29, 0.717) is 17.3 Å². The first kappa shape index (κ1) is 35.7. The van der Waals surface area contributed by atoms with E-state index in [2.05, 4.69) is 10.4 Å². The van der Waals surface area contributed by atoms with Gasteiger partial charge < -0.3 is 19.5 Å². The van der Waals surface area contributed by atoms with E-state index in [9.17, 15) is 44.8 Å². The molecule has 4 aromatic rings. The van der Waals surface area contributed by atoms with Crippen LogP contribution in [0.25, 0.3) is 22.5 Å². The quantitative estimate of drug-likeness (QED) is 0.147. The Hall–Kier alpha value is -4.19. The van der Waals surface area contributed by atoms with Gasteiger partial charge in [0.2, 0.25) is 5.91 Å². The Morgan fingerprint density at radius 2 is 1.62 bits per heavy atom. The molecule has 0 bridgehead atoms. The van der Waals surface area contributed by atoms with Gasteiger partial charge in [-0.25, -0.2) is 8.42 Å². The number of carbonyl (C=O) groups is 1. The summed E-state index contributed by atoms with van der Waals surface area (Å²) in [6.07, 6.45) is -3.48. The molecule has 0 aliphatic heterocycles. The topological polar surface area (TPSA) is 165 Å². The molecule has 1 unspecified atom stereocenters. The molecule has 4 rings (SSSR count). The molecular weight excluding hydrogens is 662 g/mol. The average Bonchev–Trinajstić information content (AvgIpc) is 3.39. The Morgan fingerprint density at radius 3 is 2.21 bits per heavy atom. The van der Waals surface area contributed by atoms with Crippen LogP contribution in [0.4, 0.5) is 13.2 Å². The van der Waals surface area contributed by atoms with Gasteiger partial charge in [-0.2, -0.15) is 26.7 Å². The number of aromatic nitrogens is 2. The Kier molecular flexibility index (Phi) is 10.5. The number of amides is 1. The van der Waals surface area contributed by atoms with Gasteiger partial charge in [0.05, 0.1) is 27.8 Å². The third kappa shape index (κ3) is 9.00. The van der Waals surface area contributed by atoms with Crippen molar-refractivity contribution in [2.75, 3.05) is 6.26 Å². The van der Waals surface area contributed by atoms with Gasteiger partial charge in [0.25, 0.3) is 0 Å². The van der Waals surface area contributed by atoms with E-state index >= 15 is 0 Å². The number of nitrogens with one attached hydrogen (secondary N) is 1. The minimum atomic E-state index is -4.79. The molecule has 0 radical (unpaired) electrons. The van der Waals surface area contributed by atoms with Crippen LogP contribution >= 0.6 is 0 Å². The fraction of sp³-hybridized carbons (Fsp3) is 0.267. The predicted octanol–water partition coefficient (Wildman–Crippen LogP) is 3.95. The summed E-state index contributed by atoms with van der Waals surface area (Å²) in [7, 11) is -10.1. The van der Waals surface area contributed by atoms with E-state index in [1.54, 1.807) is 6.07 Å². The molecule has 0 saturated heterocycles. The van der Waals surface area contributed by atoms with E-state index < -0.39 is 62.1 Å². The third-order valence-corrected chi connectivity index (χ3v) is 9.25. The molecule has 0 aliphatic rings. The van der Waals surface area contributed by atoms with Crippen molar-refractivity contribution in [1.82, 2.24) is 15.1 Å². The van der Waals surface area contributed by atoms with Crippen LogP contribution in [-0.4, -0.2) is 61.9 Å². The minimum absolute atomic E-state index is 0.0195. The molecule has 250 valence electrons. The van der Waals surface area contributed by atoms with E-state index in [-0.39, 0.29) is 34.2 Å². The predicted molar refractivity (Wildman–Crippen MR) is 167 cm³/mol. The highest BCUT2D eigenvalue weighted by Gasteiger charge is 2.32. The summed E-state index contributed by atoms with van der Waals surface area (Å²) in [6.45, 7) is 3.24. The second-order valence-corrected chi connectivity index (χ2v) is 14.7. The third-order valence-electron chi connectivity index (χ3n) is 6.90. The second kappa shape index (κ2) is 13.9. The zero-order valence-corrected chi connectivity index (χ0v) is 27.0.